The predicted octanol–water partition coefficient (Wildman–Crippen LogP) is 2.99. The molecule has 0 spiro atoms. The molecule has 2 atom stereocenters. The molecule has 6 nitrogen and oxygen atoms in total. The van der Waals surface area contributed by atoms with Crippen molar-refractivity contribution in [2.75, 3.05) is 26.2 Å². The van der Waals surface area contributed by atoms with Gasteiger partial charge in [0.15, 0.2) is 0 Å². The van der Waals surface area contributed by atoms with Crippen molar-refractivity contribution < 1.29 is 18.3 Å². The van der Waals surface area contributed by atoms with Gasteiger partial charge in [0.05, 0.1) is 24.7 Å². The molecule has 0 unspecified atom stereocenters. The van der Waals surface area contributed by atoms with E-state index in [9.17, 15) is 13.6 Å². The predicted molar refractivity (Wildman–Crippen MR) is 107 cm³/mol. The van der Waals surface area contributed by atoms with Gasteiger partial charge in [-0.3, -0.25) is 14.7 Å². The number of likely N-dealkylation sites (tertiary alicyclic amines) is 2. The number of aryl methyl sites for hydroxylation is 1. The first-order valence-corrected chi connectivity index (χ1v) is 10.2. The first-order valence-electron chi connectivity index (χ1n) is 10.2. The first kappa shape index (κ1) is 20.5. The number of aromatic nitrogens is 1. The van der Waals surface area contributed by atoms with Crippen molar-refractivity contribution in [1.29, 1.82) is 5.26 Å². The molecule has 8 heteroatoms. The zero-order valence-electron chi connectivity index (χ0n) is 16.9. The van der Waals surface area contributed by atoms with Gasteiger partial charge in [-0.2, -0.15) is 5.26 Å². The Bertz CT molecular complexity index is 985. The van der Waals surface area contributed by atoms with Gasteiger partial charge < -0.3 is 9.64 Å². The number of nitriles is 1. The Balaban J connectivity index is 1.35. The quantitative estimate of drug-likeness (QED) is 0.769. The van der Waals surface area contributed by atoms with Crippen molar-refractivity contribution in [3.05, 3.63) is 35.8 Å². The molecule has 1 amide bonds. The molecule has 30 heavy (non-hydrogen) atoms. The van der Waals surface area contributed by atoms with Crippen molar-refractivity contribution in [1.82, 2.24) is 14.8 Å². The van der Waals surface area contributed by atoms with Crippen LogP contribution in [0, 0.1) is 24.1 Å². The van der Waals surface area contributed by atoms with Crippen molar-refractivity contribution >= 4 is 16.8 Å². The molecule has 1 aromatic heterocycles. The third-order valence-electron chi connectivity index (χ3n) is 5.77. The van der Waals surface area contributed by atoms with Gasteiger partial charge in [0.1, 0.15) is 29.9 Å². The van der Waals surface area contributed by atoms with Crippen LogP contribution in [0.5, 0.6) is 5.75 Å². The van der Waals surface area contributed by atoms with E-state index in [2.05, 4.69) is 4.98 Å². The molecule has 4 rings (SSSR count). The Morgan fingerprint density at radius 1 is 1.33 bits per heavy atom. The molecule has 3 heterocycles. The van der Waals surface area contributed by atoms with E-state index < -0.39 is 12.2 Å². The first-order chi connectivity index (χ1) is 14.4. The molecule has 0 saturated carbocycles. The van der Waals surface area contributed by atoms with Gasteiger partial charge in [-0.1, -0.05) is 0 Å². The fourth-order valence-electron chi connectivity index (χ4n) is 4.22. The van der Waals surface area contributed by atoms with Crippen LogP contribution in [0.4, 0.5) is 8.78 Å². The second-order valence-corrected chi connectivity index (χ2v) is 8.04. The monoisotopic (exact) mass is 414 g/mol. The second kappa shape index (κ2) is 8.52. The van der Waals surface area contributed by atoms with Gasteiger partial charge in [0, 0.05) is 36.7 Å². The number of fused-ring (bicyclic) bond motifs is 1. The van der Waals surface area contributed by atoms with E-state index in [-0.39, 0.29) is 37.3 Å². The molecule has 2 fully saturated rings. The number of carbonyl (C=O) groups is 1. The maximum atomic E-state index is 13.7. The molecule has 2 aliphatic rings. The van der Waals surface area contributed by atoms with Gasteiger partial charge in [0.2, 0.25) is 5.91 Å². The van der Waals surface area contributed by atoms with Crippen molar-refractivity contribution in [3.8, 4) is 11.8 Å². The molecule has 0 radical (unpaired) electrons. The molecule has 0 bridgehead atoms. The summed E-state index contributed by atoms with van der Waals surface area (Å²) in [5, 5.41) is 9.78. The van der Waals surface area contributed by atoms with E-state index in [0.717, 1.165) is 18.5 Å². The molecule has 1 aromatic carbocycles. The maximum Gasteiger partial charge on any atom is 0.237 e. The average molecular weight is 414 g/mol. The van der Waals surface area contributed by atoms with Gasteiger partial charge in [-0.15, -0.1) is 0 Å². The number of pyridine rings is 1. The third kappa shape index (κ3) is 4.36. The van der Waals surface area contributed by atoms with Crippen molar-refractivity contribution in [2.45, 2.75) is 44.5 Å². The number of rotatable bonds is 4. The lowest BCUT2D eigenvalue weighted by Gasteiger charge is -2.33. The number of hydrogen-bond donors (Lipinski definition) is 0. The van der Waals surface area contributed by atoms with E-state index in [4.69, 9.17) is 10.00 Å². The van der Waals surface area contributed by atoms with Crippen LogP contribution in [0.15, 0.2) is 24.3 Å². The lowest BCUT2D eigenvalue weighted by atomic mass is 10.1. The summed E-state index contributed by atoms with van der Waals surface area (Å²) in [7, 11) is 0. The van der Waals surface area contributed by atoms with Crippen LogP contribution in [0.1, 0.15) is 25.0 Å². The summed E-state index contributed by atoms with van der Waals surface area (Å²) in [5.41, 5.74) is 1.49. The number of nitrogens with zero attached hydrogens (tertiary/aromatic N) is 4. The molecular formula is C22H24F2N4O2. The fraction of sp³-hybridized carbons (Fsp3) is 0.500. The standard InChI is InChI=1S/C22H24F2N4O2/c1-14-8-21(19-10-15(23)2-3-20(19)26-14)30-18-4-6-27(7-5-18)13-22(29)28-12-16(24)9-17(28)11-25/h2-3,8,10,16-18H,4-7,9,12-13H2,1H3/t16-,17-/m0/s1. The zero-order chi connectivity index (χ0) is 21.3. The number of benzene rings is 1. The summed E-state index contributed by atoms with van der Waals surface area (Å²) in [6, 6.07) is 7.63. The Morgan fingerprint density at radius 3 is 2.83 bits per heavy atom. The van der Waals surface area contributed by atoms with Crippen LogP contribution in [-0.4, -0.2) is 65.2 Å². The number of piperidine rings is 1. The number of carbonyl (C=O) groups excluding carboxylic acids is 1. The van der Waals surface area contributed by atoms with E-state index in [1.807, 2.05) is 24.0 Å². The minimum Gasteiger partial charge on any atom is -0.490 e. The number of amides is 1. The van der Waals surface area contributed by atoms with E-state index in [1.54, 1.807) is 6.07 Å². The van der Waals surface area contributed by atoms with E-state index in [0.29, 0.717) is 29.7 Å². The summed E-state index contributed by atoms with van der Waals surface area (Å²) in [6.07, 6.45) is 0.371. The summed E-state index contributed by atoms with van der Waals surface area (Å²) in [5.74, 6) is 0.0844. The average Bonchev–Trinajstić information content (AvgIpc) is 3.11. The van der Waals surface area contributed by atoms with Crippen LogP contribution in [0.25, 0.3) is 10.9 Å². The van der Waals surface area contributed by atoms with Crippen LogP contribution < -0.4 is 4.74 Å². The van der Waals surface area contributed by atoms with Crippen molar-refractivity contribution in [3.63, 3.8) is 0 Å². The normalized spacial score (nSPS) is 22.9. The van der Waals surface area contributed by atoms with Gasteiger partial charge in [0.25, 0.3) is 0 Å². The summed E-state index contributed by atoms with van der Waals surface area (Å²) in [4.78, 5) is 20.3. The molecular weight excluding hydrogens is 390 g/mol. The molecule has 0 aliphatic carbocycles. The number of ether oxygens (including phenoxy) is 1. The Morgan fingerprint density at radius 2 is 2.10 bits per heavy atom. The van der Waals surface area contributed by atoms with Crippen LogP contribution >= 0.6 is 0 Å². The summed E-state index contributed by atoms with van der Waals surface area (Å²) < 4.78 is 33.5. The van der Waals surface area contributed by atoms with E-state index in [1.165, 1.54) is 17.0 Å². The van der Waals surface area contributed by atoms with Crippen LogP contribution in [-0.2, 0) is 4.79 Å². The second-order valence-electron chi connectivity index (χ2n) is 8.04. The zero-order valence-corrected chi connectivity index (χ0v) is 16.9. The highest BCUT2D eigenvalue weighted by atomic mass is 19.1. The van der Waals surface area contributed by atoms with Gasteiger partial charge >= 0.3 is 0 Å². The Kier molecular flexibility index (Phi) is 5.82. The highest BCUT2D eigenvalue weighted by molar-refractivity contribution is 5.85. The highest BCUT2D eigenvalue weighted by Gasteiger charge is 2.36. The lowest BCUT2D eigenvalue weighted by Crippen LogP contribution is -2.46. The summed E-state index contributed by atoms with van der Waals surface area (Å²) in [6.45, 7) is 3.38. The SMILES string of the molecule is Cc1cc(OC2CCN(CC(=O)N3C[C@@H](F)C[C@H]3C#N)CC2)c2cc(F)ccc2n1. The highest BCUT2D eigenvalue weighted by Crippen LogP contribution is 2.29. The largest absolute Gasteiger partial charge is 0.490 e. The molecule has 158 valence electrons. The van der Waals surface area contributed by atoms with Crippen LogP contribution in [0.2, 0.25) is 0 Å². The number of alkyl halides is 1. The Hall–Kier alpha value is -2.79. The third-order valence-corrected chi connectivity index (χ3v) is 5.77. The lowest BCUT2D eigenvalue weighted by molar-refractivity contribution is -0.133. The Labute approximate surface area is 174 Å². The molecule has 2 aliphatic heterocycles. The topological polar surface area (TPSA) is 69.5 Å². The maximum absolute atomic E-state index is 13.7. The molecule has 0 N–H and O–H groups in total. The van der Waals surface area contributed by atoms with Gasteiger partial charge in [-0.25, -0.2) is 8.78 Å². The minimum atomic E-state index is -1.12. The van der Waals surface area contributed by atoms with Crippen LogP contribution in [0.3, 0.4) is 0 Å². The minimum absolute atomic E-state index is 0.00165. The van der Waals surface area contributed by atoms with E-state index >= 15 is 0 Å². The fourth-order valence-corrected chi connectivity index (χ4v) is 4.22. The molecule has 2 aromatic rings. The number of hydrogen-bond acceptors (Lipinski definition) is 5. The number of halogens is 2. The van der Waals surface area contributed by atoms with Gasteiger partial charge in [-0.05, 0) is 38.0 Å². The summed E-state index contributed by atoms with van der Waals surface area (Å²) >= 11 is 0. The smallest absolute Gasteiger partial charge is 0.237 e. The van der Waals surface area contributed by atoms with Crippen molar-refractivity contribution in [2.24, 2.45) is 0 Å². The molecule has 2 saturated heterocycles.